The van der Waals surface area contributed by atoms with Gasteiger partial charge in [0.2, 0.25) is 0 Å². The van der Waals surface area contributed by atoms with E-state index in [1.54, 1.807) is 12.1 Å². The lowest BCUT2D eigenvalue weighted by Crippen LogP contribution is -2.41. The van der Waals surface area contributed by atoms with E-state index in [2.05, 4.69) is 10.3 Å². The fourth-order valence-electron chi connectivity index (χ4n) is 2.01. The number of carbonyl (C=O) groups is 1. The minimum Gasteiger partial charge on any atom is -0.389 e. The Morgan fingerprint density at radius 2 is 2.28 bits per heavy atom. The number of thiocarbonyl (C=S) groups is 1. The second-order valence-electron chi connectivity index (χ2n) is 4.75. The first kappa shape index (κ1) is 13.0. The number of rotatable bonds is 4. The van der Waals surface area contributed by atoms with Gasteiger partial charge in [-0.3, -0.25) is 9.78 Å². The molecule has 5 heteroatoms. The molecule has 0 bridgehead atoms. The van der Waals surface area contributed by atoms with Crippen LogP contribution in [0.5, 0.6) is 0 Å². The van der Waals surface area contributed by atoms with E-state index in [9.17, 15) is 4.79 Å². The lowest BCUT2D eigenvalue weighted by molar-refractivity contribution is 0.0904. The van der Waals surface area contributed by atoms with E-state index in [0.29, 0.717) is 17.2 Å². The van der Waals surface area contributed by atoms with Crippen LogP contribution >= 0.6 is 12.2 Å². The Kier molecular flexibility index (Phi) is 3.91. The molecule has 0 aliphatic heterocycles. The zero-order chi connectivity index (χ0) is 13.1. The Morgan fingerprint density at radius 3 is 2.72 bits per heavy atom. The summed E-state index contributed by atoms with van der Waals surface area (Å²) in [7, 11) is 0. The van der Waals surface area contributed by atoms with Gasteiger partial charge in [-0.1, -0.05) is 18.6 Å². The lowest BCUT2D eigenvalue weighted by Gasteiger charge is -2.31. The van der Waals surface area contributed by atoms with Crippen LogP contribution in [-0.2, 0) is 0 Å². The third-order valence-electron chi connectivity index (χ3n) is 3.50. The molecule has 1 aromatic rings. The van der Waals surface area contributed by atoms with E-state index < -0.39 is 0 Å². The number of amides is 1. The summed E-state index contributed by atoms with van der Waals surface area (Å²) in [6, 6.07) is 3.58. The van der Waals surface area contributed by atoms with E-state index in [1.165, 1.54) is 25.5 Å². The normalized spacial score (nSPS) is 16.7. The molecule has 18 heavy (non-hydrogen) atoms. The molecule has 0 saturated heterocycles. The maximum absolute atomic E-state index is 11.9. The molecule has 96 valence electrons. The Hall–Kier alpha value is -1.49. The summed E-state index contributed by atoms with van der Waals surface area (Å²) >= 11 is 4.84. The monoisotopic (exact) mass is 263 g/mol. The number of nitrogens with zero attached hydrogens (tertiary/aromatic N) is 1. The van der Waals surface area contributed by atoms with Crippen molar-refractivity contribution in [2.45, 2.75) is 32.2 Å². The molecular weight excluding hydrogens is 246 g/mol. The van der Waals surface area contributed by atoms with Gasteiger partial charge in [-0.05, 0) is 37.8 Å². The van der Waals surface area contributed by atoms with Crippen LogP contribution < -0.4 is 11.1 Å². The standard InChI is InChI=1S/C13H17N3OS/c1-8(9-3-2-4-9)16-13(17)11-6-5-10(7-15-11)12(14)18/h5-9H,2-4H2,1H3,(H2,14,18)(H,16,17). The van der Waals surface area contributed by atoms with Gasteiger partial charge in [0.1, 0.15) is 10.7 Å². The average Bonchev–Trinajstić information content (AvgIpc) is 2.26. The zero-order valence-electron chi connectivity index (χ0n) is 10.3. The molecule has 1 fully saturated rings. The number of pyridine rings is 1. The highest BCUT2D eigenvalue weighted by Gasteiger charge is 2.25. The third kappa shape index (κ3) is 2.85. The van der Waals surface area contributed by atoms with Gasteiger partial charge in [0.05, 0.1) is 0 Å². The maximum atomic E-state index is 11.9. The summed E-state index contributed by atoms with van der Waals surface area (Å²) in [5.41, 5.74) is 6.56. The van der Waals surface area contributed by atoms with Crippen LogP contribution in [0.15, 0.2) is 18.3 Å². The number of hydrogen-bond donors (Lipinski definition) is 2. The summed E-state index contributed by atoms with van der Waals surface area (Å²) in [5.74, 6) is 0.480. The van der Waals surface area contributed by atoms with Gasteiger partial charge in [-0.15, -0.1) is 0 Å². The lowest BCUT2D eigenvalue weighted by atomic mass is 9.80. The molecule has 1 amide bonds. The number of carbonyl (C=O) groups excluding carboxylic acids is 1. The van der Waals surface area contributed by atoms with Crippen LogP contribution in [0.1, 0.15) is 42.2 Å². The molecule has 1 saturated carbocycles. The topological polar surface area (TPSA) is 68.0 Å². The molecular formula is C13H17N3OS. The minimum atomic E-state index is -0.135. The summed E-state index contributed by atoms with van der Waals surface area (Å²) < 4.78 is 0. The average molecular weight is 263 g/mol. The summed E-state index contributed by atoms with van der Waals surface area (Å²) in [4.78, 5) is 16.3. The molecule has 1 heterocycles. The number of nitrogens with one attached hydrogen (secondary N) is 1. The zero-order valence-corrected chi connectivity index (χ0v) is 11.2. The number of aromatic nitrogens is 1. The van der Waals surface area contributed by atoms with Gasteiger partial charge in [-0.2, -0.15) is 0 Å². The van der Waals surface area contributed by atoms with E-state index >= 15 is 0 Å². The van der Waals surface area contributed by atoms with Crippen molar-refractivity contribution in [2.75, 3.05) is 0 Å². The van der Waals surface area contributed by atoms with E-state index in [4.69, 9.17) is 18.0 Å². The molecule has 1 unspecified atom stereocenters. The second kappa shape index (κ2) is 5.44. The van der Waals surface area contributed by atoms with Gasteiger partial charge < -0.3 is 11.1 Å². The molecule has 0 aromatic carbocycles. The van der Waals surface area contributed by atoms with Crippen LogP contribution in [0.25, 0.3) is 0 Å². The molecule has 1 aromatic heterocycles. The fraction of sp³-hybridized carbons (Fsp3) is 0.462. The summed E-state index contributed by atoms with van der Waals surface area (Å²) in [5, 5.41) is 2.98. The smallest absolute Gasteiger partial charge is 0.270 e. The van der Waals surface area contributed by atoms with Gasteiger partial charge in [0.15, 0.2) is 0 Å². The van der Waals surface area contributed by atoms with Gasteiger partial charge in [0, 0.05) is 17.8 Å². The van der Waals surface area contributed by atoms with Crippen molar-refractivity contribution in [1.29, 1.82) is 0 Å². The highest BCUT2D eigenvalue weighted by molar-refractivity contribution is 7.80. The first-order chi connectivity index (χ1) is 8.58. The maximum Gasteiger partial charge on any atom is 0.270 e. The van der Waals surface area contributed by atoms with Crippen molar-refractivity contribution in [3.8, 4) is 0 Å². The number of hydrogen-bond acceptors (Lipinski definition) is 3. The van der Waals surface area contributed by atoms with Gasteiger partial charge in [0.25, 0.3) is 5.91 Å². The van der Waals surface area contributed by atoms with E-state index in [-0.39, 0.29) is 16.9 Å². The van der Waals surface area contributed by atoms with Crippen LogP contribution in [0.3, 0.4) is 0 Å². The molecule has 0 radical (unpaired) electrons. The van der Waals surface area contributed by atoms with Crippen LogP contribution in [0, 0.1) is 5.92 Å². The Morgan fingerprint density at radius 1 is 1.56 bits per heavy atom. The quantitative estimate of drug-likeness (QED) is 0.810. The third-order valence-corrected chi connectivity index (χ3v) is 3.73. The van der Waals surface area contributed by atoms with E-state index in [1.807, 2.05) is 6.92 Å². The molecule has 0 spiro atoms. The Labute approximate surface area is 112 Å². The molecule has 1 aliphatic carbocycles. The minimum absolute atomic E-state index is 0.135. The molecule has 1 atom stereocenters. The predicted octanol–water partition coefficient (Wildman–Crippen LogP) is 1.63. The van der Waals surface area contributed by atoms with Gasteiger partial charge in [-0.25, -0.2) is 0 Å². The number of nitrogens with two attached hydrogens (primary N) is 1. The first-order valence-corrected chi connectivity index (χ1v) is 6.55. The van der Waals surface area contributed by atoms with Gasteiger partial charge >= 0.3 is 0 Å². The summed E-state index contributed by atoms with van der Waals surface area (Å²) in [6.07, 6.45) is 5.21. The van der Waals surface area contributed by atoms with Crippen molar-refractivity contribution in [3.63, 3.8) is 0 Å². The van der Waals surface area contributed by atoms with Crippen molar-refractivity contribution < 1.29 is 4.79 Å². The SMILES string of the molecule is CC(NC(=O)c1ccc(C(N)=S)cn1)C1CCC1. The molecule has 3 N–H and O–H groups in total. The Balaban J connectivity index is 1.97. The van der Waals surface area contributed by atoms with Crippen molar-refractivity contribution in [1.82, 2.24) is 10.3 Å². The first-order valence-electron chi connectivity index (χ1n) is 6.14. The highest BCUT2D eigenvalue weighted by atomic mass is 32.1. The van der Waals surface area contributed by atoms with Crippen molar-refractivity contribution >= 4 is 23.1 Å². The van der Waals surface area contributed by atoms with Crippen LogP contribution in [0.2, 0.25) is 0 Å². The second-order valence-corrected chi connectivity index (χ2v) is 5.19. The largest absolute Gasteiger partial charge is 0.389 e. The van der Waals surface area contributed by atoms with E-state index in [0.717, 1.165) is 0 Å². The Bertz CT molecular complexity index is 454. The summed E-state index contributed by atoms with van der Waals surface area (Å²) in [6.45, 7) is 2.05. The molecule has 1 aliphatic rings. The van der Waals surface area contributed by atoms with Crippen molar-refractivity contribution in [2.24, 2.45) is 11.7 Å². The highest BCUT2D eigenvalue weighted by Crippen LogP contribution is 2.29. The van der Waals surface area contributed by atoms with Crippen LogP contribution in [-0.4, -0.2) is 21.9 Å². The van der Waals surface area contributed by atoms with Crippen LogP contribution in [0.4, 0.5) is 0 Å². The molecule has 4 nitrogen and oxygen atoms in total. The van der Waals surface area contributed by atoms with Crippen molar-refractivity contribution in [3.05, 3.63) is 29.6 Å². The fourth-order valence-corrected chi connectivity index (χ4v) is 2.13. The predicted molar refractivity (Wildman–Crippen MR) is 74.4 cm³/mol. The molecule has 2 rings (SSSR count).